The van der Waals surface area contributed by atoms with E-state index in [0.29, 0.717) is 10.7 Å². The first kappa shape index (κ1) is 8.07. The van der Waals surface area contributed by atoms with Crippen LogP contribution in [0.3, 0.4) is 0 Å². The smallest absolute Gasteiger partial charge is 0.0893 e. The Bertz CT molecular complexity index is 410. The first-order valence-corrected chi connectivity index (χ1v) is 4.07. The summed E-state index contributed by atoms with van der Waals surface area (Å²) in [5.41, 5.74) is 7.10. The molecular weight excluding hydrogens is 188 g/mol. The summed E-state index contributed by atoms with van der Waals surface area (Å²) in [7, 11) is 0. The topological polar surface area (TPSA) is 56.7 Å². The minimum Gasteiger partial charge on any atom is -0.397 e. The molecule has 0 radical (unpaired) electrons. The minimum atomic E-state index is 0.581. The SMILES string of the molecule is Nc1cc(Cl)ccc1-n1ccnn1. The Morgan fingerprint density at radius 3 is 2.85 bits per heavy atom. The molecule has 1 aromatic carbocycles. The van der Waals surface area contributed by atoms with Crippen LogP contribution in [0.2, 0.25) is 5.02 Å². The molecule has 2 aromatic rings. The van der Waals surface area contributed by atoms with E-state index in [0.717, 1.165) is 5.69 Å². The summed E-state index contributed by atoms with van der Waals surface area (Å²) < 4.78 is 1.59. The molecular formula is C8H7ClN4. The largest absolute Gasteiger partial charge is 0.397 e. The van der Waals surface area contributed by atoms with E-state index in [2.05, 4.69) is 10.3 Å². The first-order valence-electron chi connectivity index (χ1n) is 3.69. The van der Waals surface area contributed by atoms with Gasteiger partial charge in [-0.1, -0.05) is 16.8 Å². The van der Waals surface area contributed by atoms with Crippen LogP contribution < -0.4 is 5.73 Å². The van der Waals surface area contributed by atoms with Crippen molar-refractivity contribution >= 4 is 17.3 Å². The normalized spacial score (nSPS) is 10.2. The molecule has 0 aliphatic heterocycles. The van der Waals surface area contributed by atoms with E-state index in [9.17, 15) is 0 Å². The van der Waals surface area contributed by atoms with Crippen LogP contribution in [-0.4, -0.2) is 15.0 Å². The average Bonchev–Trinajstić information content (AvgIpc) is 2.56. The van der Waals surface area contributed by atoms with Crippen molar-refractivity contribution in [1.82, 2.24) is 15.0 Å². The van der Waals surface area contributed by atoms with Gasteiger partial charge in [-0.25, -0.2) is 4.68 Å². The van der Waals surface area contributed by atoms with Gasteiger partial charge >= 0.3 is 0 Å². The zero-order valence-corrected chi connectivity index (χ0v) is 7.44. The molecule has 1 heterocycles. The third-order valence-electron chi connectivity index (χ3n) is 1.66. The molecule has 0 atom stereocenters. The summed E-state index contributed by atoms with van der Waals surface area (Å²) in [4.78, 5) is 0. The molecule has 2 N–H and O–H groups in total. The van der Waals surface area contributed by atoms with E-state index in [1.807, 2.05) is 0 Å². The van der Waals surface area contributed by atoms with Gasteiger partial charge in [0.05, 0.1) is 23.8 Å². The molecule has 0 amide bonds. The number of rotatable bonds is 1. The van der Waals surface area contributed by atoms with Crippen LogP contribution in [0.15, 0.2) is 30.6 Å². The highest BCUT2D eigenvalue weighted by Crippen LogP contribution is 2.20. The highest BCUT2D eigenvalue weighted by atomic mass is 35.5. The van der Waals surface area contributed by atoms with Gasteiger partial charge in [0.15, 0.2) is 0 Å². The maximum absolute atomic E-state index is 5.75. The standard InChI is InChI=1S/C8H7ClN4/c9-6-1-2-8(7(10)5-6)13-4-3-11-12-13/h1-5H,10H2. The van der Waals surface area contributed by atoms with Crippen molar-refractivity contribution < 1.29 is 0 Å². The maximum atomic E-state index is 5.75. The second-order valence-electron chi connectivity index (χ2n) is 2.55. The van der Waals surface area contributed by atoms with Crippen LogP contribution in [0.1, 0.15) is 0 Å². The van der Waals surface area contributed by atoms with Crippen LogP contribution >= 0.6 is 11.6 Å². The highest BCUT2D eigenvalue weighted by molar-refractivity contribution is 6.30. The number of hydrogen-bond acceptors (Lipinski definition) is 3. The summed E-state index contributed by atoms with van der Waals surface area (Å²) in [6.07, 6.45) is 3.31. The van der Waals surface area contributed by atoms with Gasteiger partial charge in [-0.2, -0.15) is 0 Å². The second kappa shape index (κ2) is 3.06. The molecule has 4 nitrogen and oxygen atoms in total. The molecule has 0 fully saturated rings. The molecule has 5 heteroatoms. The quantitative estimate of drug-likeness (QED) is 0.700. The third-order valence-corrected chi connectivity index (χ3v) is 1.89. The van der Waals surface area contributed by atoms with E-state index in [1.54, 1.807) is 35.3 Å². The van der Waals surface area contributed by atoms with Gasteiger partial charge in [-0.05, 0) is 18.2 Å². The fourth-order valence-electron chi connectivity index (χ4n) is 1.07. The molecule has 0 unspecified atom stereocenters. The predicted octanol–water partition coefficient (Wildman–Crippen LogP) is 1.50. The average molecular weight is 195 g/mol. The summed E-state index contributed by atoms with van der Waals surface area (Å²) in [5.74, 6) is 0. The number of benzene rings is 1. The lowest BCUT2D eigenvalue weighted by Crippen LogP contribution is -2.00. The monoisotopic (exact) mass is 194 g/mol. The Balaban J connectivity index is 2.53. The Morgan fingerprint density at radius 2 is 2.23 bits per heavy atom. The van der Waals surface area contributed by atoms with Gasteiger partial charge in [0.25, 0.3) is 0 Å². The molecule has 0 spiro atoms. The molecule has 66 valence electrons. The summed E-state index contributed by atoms with van der Waals surface area (Å²) in [6.45, 7) is 0. The summed E-state index contributed by atoms with van der Waals surface area (Å²) in [5, 5.41) is 8.12. The molecule has 0 saturated heterocycles. The fraction of sp³-hybridized carbons (Fsp3) is 0. The maximum Gasteiger partial charge on any atom is 0.0893 e. The lowest BCUT2D eigenvalue weighted by Gasteiger charge is -2.03. The highest BCUT2D eigenvalue weighted by Gasteiger charge is 2.01. The summed E-state index contributed by atoms with van der Waals surface area (Å²) >= 11 is 5.75. The Morgan fingerprint density at radius 1 is 1.38 bits per heavy atom. The van der Waals surface area contributed by atoms with Crippen molar-refractivity contribution in [2.45, 2.75) is 0 Å². The van der Waals surface area contributed by atoms with Crippen molar-refractivity contribution in [2.75, 3.05) is 5.73 Å². The first-order chi connectivity index (χ1) is 6.27. The number of nitrogens with two attached hydrogens (primary N) is 1. The van der Waals surface area contributed by atoms with Crippen molar-refractivity contribution in [3.63, 3.8) is 0 Å². The summed E-state index contributed by atoms with van der Waals surface area (Å²) in [6, 6.07) is 5.24. The number of aromatic nitrogens is 3. The second-order valence-corrected chi connectivity index (χ2v) is 2.99. The lowest BCUT2D eigenvalue weighted by atomic mass is 10.3. The number of hydrogen-bond donors (Lipinski definition) is 1. The number of nitrogen functional groups attached to an aromatic ring is 1. The Labute approximate surface area is 79.9 Å². The zero-order valence-electron chi connectivity index (χ0n) is 6.68. The van der Waals surface area contributed by atoms with E-state index >= 15 is 0 Å². The molecule has 0 aliphatic carbocycles. The Hall–Kier alpha value is -1.55. The lowest BCUT2D eigenvalue weighted by molar-refractivity contribution is 0.805. The van der Waals surface area contributed by atoms with Crippen molar-refractivity contribution in [2.24, 2.45) is 0 Å². The van der Waals surface area contributed by atoms with Crippen LogP contribution in [0.25, 0.3) is 5.69 Å². The number of anilines is 1. The third kappa shape index (κ3) is 1.48. The van der Waals surface area contributed by atoms with Crippen LogP contribution in [-0.2, 0) is 0 Å². The molecule has 0 bridgehead atoms. The zero-order chi connectivity index (χ0) is 9.26. The molecule has 0 saturated carbocycles. The number of halogens is 1. The van der Waals surface area contributed by atoms with Gasteiger partial charge in [0.1, 0.15) is 0 Å². The van der Waals surface area contributed by atoms with Crippen LogP contribution in [0.4, 0.5) is 5.69 Å². The minimum absolute atomic E-state index is 0.581. The fourth-order valence-corrected chi connectivity index (χ4v) is 1.25. The van der Waals surface area contributed by atoms with Gasteiger partial charge < -0.3 is 5.73 Å². The molecule has 0 aliphatic rings. The van der Waals surface area contributed by atoms with Gasteiger partial charge in [0.2, 0.25) is 0 Å². The molecule has 2 rings (SSSR count). The van der Waals surface area contributed by atoms with E-state index in [-0.39, 0.29) is 0 Å². The van der Waals surface area contributed by atoms with Crippen molar-refractivity contribution in [1.29, 1.82) is 0 Å². The number of nitrogens with zero attached hydrogens (tertiary/aromatic N) is 3. The van der Waals surface area contributed by atoms with Gasteiger partial charge in [-0.15, -0.1) is 5.10 Å². The van der Waals surface area contributed by atoms with Gasteiger partial charge in [-0.3, -0.25) is 0 Å². The molecule has 13 heavy (non-hydrogen) atoms. The predicted molar refractivity (Wildman–Crippen MR) is 50.8 cm³/mol. The van der Waals surface area contributed by atoms with Crippen LogP contribution in [0.5, 0.6) is 0 Å². The van der Waals surface area contributed by atoms with E-state index in [4.69, 9.17) is 17.3 Å². The van der Waals surface area contributed by atoms with E-state index < -0.39 is 0 Å². The Kier molecular flexibility index (Phi) is 1.90. The van der Waals surface area contributed by atoms with Gasteiger partial charge in [0, 0.05) is 5.02 Å². The molecule has 1 aromatic heterocycles. The van der Waals surface area contributed by atoms with E-state index in [1.165, 1.54) is 0 Å². The van der Waals surface area contributed by atoms with Crippen molar-refractivity contribution in [3.8, 4) is 5.69 Å². The van der Waals surface area contributed by atoms with Crippen molar-refractivity contribution in [3.05, 3.63) is 35.6 Å². The van der Waals surface area contributed by atoms with Crippen LogP contribution in [0, 0.1) is 0 Å².